The van der Waals surface area contributed by atoms with Crippen LogP contribution in [0.4, 0.5) is 10.5 Å². The van der Waals surface area contributed by atoms with Gasteiger partial charge in [-0.15, -0.1) is 0 Å². The van der Waals surface area contributed by atoms with Crippen LogP contribution >= 0.6 is 0 Å². The highest BCUT2D eigenvalue weighted by Crippen LogP contribution is 2.37. The van der Waals surface area contributed by atoms with E-state index in [0.717, 1.165) is 17.8 Å². The fourth-order valence-electron chi connectivity index (χ4n) is 3.29. The van der Waals surface area contributed by atoms with Gasteiger partial charge in [-0.1, -0.05) is 36.4 Å². The van der Waals surface area contributed by atoms with E-state index in [4.69, 9.17) is 0 Å². The van der Waals surface area contributed by atoms with Crippen LogP contribution in [0, 0.1) is 0 Å². The van der Waals surface area contributed by atoms with Crippen molar-refractivity contribution in [3.05, 3.63) is 83.7 Å². The SMILES string of the molecule is CC(NC(=O)Nc1ccc2c(c1)Cc1ccccc1-2)c1ccccn1. The van der Waals surface area contributed by atoms with Crippen LogP contribution in [-0.2, 0) is 6.42 Å². The van der Waals surface area contributed by atoms with Crippen molar-refractivity contribution in [2.45, 2.75) is 19.4 Å². The van der Waals surface area contributed by atoms with Gasteiger partial charge in [-0.05, 0) is 59.9 Å². The normalized spacial score (nSPS) is 12.8. The molecule has 1 atom stereocenters. The summed E-state index contributed by atoms with van der Waals surface area (Å²) in [5.74, 6) is 0. The van der Waals surface area contributed by atoms with E-state index in [-0.39, 0.29) is 12.1 Å². The van der Waals surface area contributed by atoms with E-state index in [1.807, 2.05) is 31.2 Å². The van der Waals surface area contributed by atoms with Gasteiger partial charge in [-0.3, -0.25) is 4.98 Å². The maximum Gasteiger partial charge on any atom is 0.319 e. The predicted molar refractivity (Wildman–Crippen MR) is 99.5 cm³/mol. The van der Waals surface area contributed by atoms with Crippen LogP contribution in [-0.4, -0.2) is 11.0 Å². The Hall–Kier alpha value is -3.14. The molecule has 1 heterocycles. The number of amides is 2. The number of hydrogen-bond acceptors (Lipinski definition) is 2. The third-order valence-electron chi connectivity index (χ3n) is 4.53. The van der Waals surface area contributed by atoms with Gasteiger partial charge in [0.15, 0.2) is 0 Å². The van der Waals surface area contributed by atoms with Crippen molar-refractivity contribution >= 4 is 11.7 Å². The van der Waals surface area contributed by atoms with Crippen LogP contribution in [0.5, 0.6) is 0 Å². The zero-order valence-electron chi connectivity index (χ0n) is 14.0. The molecule has 1 unspecified atom stereocenters. The maximum atomic E-state index is 12.3. The summed E-state index contributed by atoms with van der Waals surface area (Å²) in [6.45, 7) is 1.92. The number of hydrogen-bond donors (Lipinski definition) is 2. The second kappa shape index (κ2) is 6.40. The standard InChI is InChI=1S/C21H19N3O/c1-14(20-8-4-5-11-22-20)23-21(25)24-17-9-10-19-16(13-17)12-15-6-2-3-7-18(15)19/h2-11,13-14H,12H2,1H3,(H2,23,24,25). The van der Waals surface area contributed by atoms with E-state index < -0.39 is 0 Å². The van der Waals surface area contributed by atoms with Crippen molar-refractivity contribution in [1.29, 1.82) is 0 Å². The molecular weight excluding hydrogens is 310 g/mol. The summed E-state index contributed by atoms with van der Waals surface area (Å²) in [6.07, 6.45) is 2.64. The second-order valence-corrected chi connectivity index (χ2v) is 6.28. The fourth-order valence-corrected chi connectivity index (χ4v) is 3.29. The number of aromatic nitrogens is 1. The van der Waals surface area contributed by atoms with E-state index >= 15 is 0 Å². The number of fused-ring (bicyclic) bond motifs is 3. The van der Waals surface area contributed by atoms with Gasteiger partial charge in [-0.25, -0.2) is 4.79 Å². The zero-order valence-corrected chi connectivity index (χ0v) is 14.0. The van der Waals surface area contributed by atoms with E-state index in [1.165, 1.54) is 22.3 Å². The average Bonchev–Trinajstić information content (AvgIpc) is 3.00. The van der Waals surface area contributed by atoms with Gasteiger partial charge < -0.3 is 10.6 Å². The van der Waals surface area contributed by atoms with Crippen molar-refractivity contribution in [3.63, 3.8) is 0 Å². The molecule has 124 valence electrons. The van der Waals surface area contributed by atoms with Crippen molar-refractivity contribution < 1.29 is 4.79 Å². The molecule has 4 rings (SSSR count). The van der Waals surface area contributed by atoms with E-state index in [1.54, 1.807) is 6.20 Å². The number of carbonyl (C=O) groups excluding carboxylic acids is 1. The van der Waals surface area contributed by atoms with Crippen molar-refractivity contribution in [1.82, 2.24) is 10.3 Å². The number of urea groups is 1. The topological polar surface area (TPSA) is 54.0 Å². The van der Waals surface area contributed by atoms with Crippen LogP contribution in [0.2, 0.25) is 0 Å². The number of benzene rings is 2. The third-order valence-corrected chi connectivity index (χ3v) is 4.53. The summed E-state index contributed by atoms with van der Waals surface area (Å²) >= 11 is 0. The molecule has 0 bridgehead atoms. The molecule has 3 aromatic rings. The lowest BCUT2D eigenvalue weighted by Gasteiger charge is -2.14. The van der Waals surface area contributed by atoms with Crippen molar-refractivity contribution in [3.8, 4) is 11.1 Å². The molecule has 0 fully saturated rings. The van der Waals surface area contributed by atoms with Crippen molar-refractivity contribution in [2.24, 2.45) is 0 Å². The van der Waals surface area contributed by atoms with Crippen molar-refractivity contribution in [2.75, 3.05) is 5.32 Å². The highest BCUT2D eigenvalue weighted by molar-refractivity contribution is 5.90. The average molecular weight is 329 g/mol. The molecule has 4 heteroatoms. The molecular formula is C21H19N3O. The zero-order chi connectivity index (χ0) is 17.2. The fraction of sp³-hybridized carbons (Fsp3) is 0.143. The molecule has 0 aliphatic heterocycles. The summed E-state index contributed by atoms with van der Waals surface area (Å²) in [7, 11) is 0. The molecule has 1 aliphatic carbocycles. The molecule has 0 saturated carbocycles. The molecule has 0 spiro atoms. The van der Waals surface area contributed by atoms with Crippen LogP contribution in [0.1, 0.15) is 29.8 Å². The molecule has 2 N–H and O–H groups in total. The Kier molecular flexibility index (Phi) is 3.94. The smallest absolute Gasteiger partial charge is 0.319 e. The molecule has 25 heavy (non-hydrogen) atoms. The Labute approximate surface area is 146 Å². The van der Waals surface area contributed by atoms with Gasteiger partial charge in [0.25, 0.3) is 0 Å². The first-order valence-corrected chi connectivity index (χ1v) is 8.40. The first-order valence-electron chi connectivity index (χ1n) is 8.40. The van der Waals surface area contributed by atoms with E-state index in [9.17, 15) is 4.79 Å². The predicted octanol–water partition coefficient (Wildman–Crippen LogP) is 4.54. The lowest BCUT2D eigenvalue weighted by Crippen LogP contribution is -2.31. The molecule has 1 aliphatic rings. The molecule has 2 aromatic carbocycles. The molecule has 1 aromatic heterocycles. The highest BCUT2D eigenvalue weighted by Gasteiger charge is 2.18. The van der Waals surface area contributed by atoms with E-state index in [0.29, 0.717) is 0 Å². The van der Waals surface area contributed by atoms with Crippen LogP contribution in [0.25, 0.3) is 11.1 Å². The largest absolute Gasteiger partial charge is 0.330 e. The summed E-state index contributed by atoms with van der Waals surface area (Å²) in [5.41, 5.74) is 6.76. The number of anilines is 1. The highest BCUT2D eigenvalue weighted by atomic mass is 16.2. The van der Waals surface area contributed by atoms with Gasteiger partial charge in [0.2, 0.25) is 0 Å². The minimum absolute atomic E-state index is 0.153. The summed E-state index contributed by atoms with van der Waals surface area (Å²) in [4.78, 5) is 16.5. The Morgan fingerprint density at radius 3 is 2.64 bits per heavy atom. The van der Waals surface area contributed by atoms with Gasteiger partial charge in [-0.2, -0.15) is 0 Å². The van der Waals surface area contributed by atoms with Gasteiger partial charge >= 0.3 is 6.03 Å². The molecule has 2 amide bonds. The lowest BCUT2D eigenvalue weighted by molar-refractivity contribution is 0.249. The maximum absolute atomic E-state index is 12.3. The second-order valence-electron chi connectivity index (χ2n) is 6.28. The Bertz CT molecular complexity index is 921. The number of carbonyl (C=O) groups is 1. The van der Waals surface area contributed by atoms with Crippen LogP contribution in [0.15, 0.2) is 66.9 Å². The first-order chi connectivity index (χ1) is 12.2. The Morgan fingerprint density at radius 1 is 1.00 bits per heavy atom. The lowest BCUT2D eigenvalue weighted by atomic mass is 10.1. The van der Waals surface area contributed by atoms with E-state index in [2.05, 4.69) is 52.0 Å². The number of rotatable bonds is 3. The van der Waals surface area contributed by atoms with Crippen LogP contribution < -0.4 is 10.6 Å². The molecule has 0 saturated heterocycles. The van der Waals surface area contributed by atoms with Gasteiger partial charge in [0, 0.05) is 11.9 Å². The van der Waals surface area contributed by atoms with Gasteiger partial charge in [0.1, 0.15) is 0 Å². The van der Waals surface area contributed by atoms with Crippen LogP contribution in [0.3, 0.4) is 0 Å². The molecule has 4 nitrogen and oxygen atoms in total. The molecule has 0 radical (unpaired) electrons. The Balaban J connectivity index is 1.45. The number of nitrogens with zero attached hydrogens (tertiary/aromatic N) is 1. The third kappa shape index (κ3) is 3.11. The number of nitrogens with one attached hydrogen (secondary N) is 2. The summed E-state index contributed by atoms with van der Waals surface area (Å²) in [6, 6.07) is 19.8. The monoisotopic (exact) mass is 329 g/mol. The summed E-state index contributed by atoms with van der Waals surface area (Å²) in [5, 5.41) is 5.84. The van der Waals surface area contributed by atoms with Gasteiger partial charge in [0.05, 0.1) is 11.7 Å². The number of pyridine rings is 1. The minimum Gasteiger partial charge on any atom is -0.330 e. The quantitative estimate of drug-likeness (QED) is 0.580. The minimum atomic E-state index is -0.228. The first kappa shape index (κ1) is 15.4. The summed E-state index contributed by atoms with van der Waals surface area (Å²) < 4.78 is 0. The Morgan fingerprint density at radius 2 is 1.80 bits per heavy atom.